The summed E-state index contributed by atoms with van der Waals surface area (Å²) in [6, 6.07) is 15.4. The molecular formula is C29H26ClN3O8. The van der Waals surface area contributed by atoms with Crippen LogP contribution in [0.5, 0.6) is 17.2 Å². The number of hydrogen-bond donors (Lipinski definition) is 3. The second-order valence-electron chi connectivity index (χ2n) is 8.69. The topological polar surface area (TPSA) is 144 Å². The predicted molar refractivity (Wildman–Crippen MR) is 150 cm³/mol. The highest BCUT2D eigenvalue weighted by Gasteiger charge is 2.35. The number of carbonyl (C=O) groups is 4. The third-order valence-corrected chi connectivity index (χ3v) is 6.13. The molecule has 0 bridgehead atoms. The lowest BCUT2D eigenvalue weighted by Gasteiger charge is -2.15. The largest absolute Gasteiger partial charge is 0.495 e. The summed E-state index contributed by atoms with van der Waals surface area (Å²) >= 11 is 6.49. The number of benzene rings is 3. The zero-order chi connectivity index (χ0) is 29.5. The number of imide groups is 1. The normalized spacial score (nSPS) is 13.6. The summed E-state index contributed by atoms with van der Waals surface area (Å²) < 4.78 is 16.8. The molecule has 1 heterocycles. The van der Waals surface area contributed by atoms with E-state index in [0.717, 1.165) is 4.90 Å². The third kappa shape index (κ3) is 6.95. The second-order valence-corrected chi connectivity index (χ2v) is 9.09. The summed E-state index contributed by atoms with van der Waals surface area (Å²) in [5.41, 5.74) is 1.51. The summed E-state index contributed by atoms with van der Waals surface area (Å²) in [7, 11) is 1.46. The lowest BCUT2D eigenvalue weighted by Crippen LogP contribution is -2.38. The molecule has 11 nitrogen and oxygen atoms in total. The maximum absolute atomic E-state index is 13.0. The average molecular weight is 580 g/mol. The van der Waals surface area contributed by atoms with Crippen LogP contribution in [0.25, 0.3) is 6.08 Å². The summed E-state index contributed by atoms with van der Waals surface area (Å²) in [4.78, 5) is 50.1. The Hall–Kier alpha value is -5.03. The standard InChI is InChI=1S/C29H26ClN3O8/c1-3-40-24-14-18(12-20(30)26(24)41-16-17-7-6-8-19(11-17)28(36)37)13-22-27(35)33(29(38)32-22)15-25(34)31-21-9-4-5-10-23(21)39-2/h4-14H,3,15-16H2,1-2H3,(H,31,34)(H,32,38)(H,36,37)/b22-13+. The molecule has 0 atom stereocenters. The van der Waals surface area contributed by atoms with Crippen molar-refractivity contribution in [2.24, 2.45) is 0 Å². The van der Waals surface area contributed by atoms with E-state index in [1.54, 1.807) is 49.4 Å². The van der Waals surface area contributed by atoms with Crippen molar-refractivity contribution in [3.8, 4) is 17.2 Å². The zero-order valence-corrected chi connectivity index (χ0v) is 22.9. The Morgan fingerprint density at radius 2 is 1.83 bits per heavy atom. The molecule has 1 aliphatic rings. The fraction of sp³-hybridized carbons (Fsp3) is 0.172. The van der Waals surface area contributed by atoms with Crippen LogP contribution in [0, 0.1) is 0 Å². The summed E-state index contributed by atoms with van der Waals surface area (Å²) in [6.07, 6.45) is 1.41. The van der Waals surface area contributed by atoms with Gasteiger partial charge in [-0.25, -0.2) is 14.5 Å². The van der Waals surface area contributed by atoms with E-state index in [9.17, 15) is 24.3 Å². The molecular weight excluding hydrogens is 554 g/mol. The number of carboxylic acids is 1. The zero-order valence-electron chi connectivity index (χ0n) is 22.1. The van der Waals surface area contributed by atoms with Gasteiger partial charge < -0.3 is 30.0 Å². The summed E-state index contributed by atoms with van der Waals surface area (Å²) in [5, 5.41) is 14.5. The van der Waals surface area contributed by atoms with E-state index < -0.39 is 30.4 Å². The number of hydrogen-bond acceptors (Lipinski definition) is 7. The van der Waals surface area contributed by atoms with Crippen LogP contribution in [0.2, 0.25) is 5.02 Å². The molecule has 41 heavy (non-hydrogen) atoms. The van der Waals surface area contributed by atoms with Gasteiger partial charge in [0.05, 0.1) is 30.0 Å². The molecule has 0 aliphatic carbocycles. The van der Waals surface area contributed by atoms with Crippen LogP contribution in [0.3, 0.4) is 0 Å². The number of para-hydroxylation sites is 2. The molecule has 3 aromatic carbocycles. The van der Waals surface area contributed by atoms with Gasteiger partial charge in [0.15, 0.2) is 11.5 Å². The molecule has 3 N–H and O–H groups in total. The van der Waals surface area contributed by atoms with E-state index in [2.05, 4.69) is 10.6 Å². The van der Waals surface area contributed by atoms with Crippen LogP contribution in [0.1, 0.15) is 28.4 Å². The highest BCUT2D eigenvalue weighted by atomic mass is 35.5. The van der Waals surface area contributed by atoms with Crippen LogP contribution < -0.4 is 24.8 Å². The minimum absolute atomic E-state index is 0.0295. The first-order chi connectivity index (χ1) is 19.7. The van der Waals surface area contributed by atoms with Crippen LogP contribution in [0.4, 0.5) is 10.5 Å². The predicted octanol–water partition coefficient (Wildman–Crippen LogP) is 4.56. The molecule has 1 fully saturated rings. The van der Waals surface area contributed by atoms with E-state index in [1.165, 1.54) is 31.4 Å². The first-order valence-electron chi connectivity index (χ1n) is 12.4. The van der Waals surface area contributed by atoms with Crippen molar-refractivity contribution in [1.82, 2.24) is 10.2 Å². The van der Waals surface area contributed by atoms with Crippen LogP contribution in [0.15, 0.2) is 66.4 Å². The van der Waals surface area contributed by atoms with E-state index >= 15 is 0 Å². The smallest absolute Gasteiger partial charge is 0.335 e. The van der Waals surface area contributed by atoms with Gasteiger partial charge in [-0.15, -0.1) is 0 Å². The number of amides is 4. The molecule has 0 aromatic heterocycles. The monoisotopic (exact) mass is 579 g/mol. The number of rotatable bonds is 11. The lowest BCUT2D eigenvalue weighted by molar-refractivity contribution is -0.127. The van der Waals surface area contributed by atoms with Crippen LogP contribution >= 0.6 is 11.6 Å². The SMILES string of the molecule is CCOc1cc(/C=C2/NC(=O)N(CC(=O)Nc3ccccc3OC)C2=O)cc(Cl)c1OCc1cccc(C(=O)O)c1. The van der Waals surface area contributed by atoms with Crippen molar-refractivity contribution in [3.05, 3.63) is 88.1 Å². The second kappa shape index (κ2) is 12.9. The van der Waals surface area contributed by atoms with Gasteiger partial charge in [-0.1, -0.05) is 35.9 Å². The maximum Gasteiger partial charge on any atom is 0.335 e. The Kier molecular flexibility index (Phi) is 9.10. The highest BCUT2D eigenvalue weighted by Crippen LogP contribution is 2.38. The summed E-state index contributed by atoms with van der Waals surface area (Å²) in [5.74, 6) is -1.39. The molecule has 0 unspecified atom stereocenters. The minimum Gasteiger partial charge on any atom is -0.495 e. The van der Waals surface area contributed by atoms with Gasteiger partial charge >= 0.3 is 12.0 Å². The van der Waals surface area contributed by atoms with Gasteiger partial charge in [0.25, 0.3) is 5.91 Å². The fourth-order valence-electron chi connectivity index (χ4n) is 3.99. The van der Waals surface area contributed by atoms with Crippen molar-refractivity contribution in [1.29, 1.82) is 0 Å². The van der Waals surface area contributed by atoms with Gasteiger partial charge in [-0.2, -0.15) is 0 Å². The van der Waals surface area contributed by atoms with Crippen molar-refractivity contribution >= 4 is 47.2 Å². The van der Waals surface area contributed by atoms with E-state index in [4.69, 9.17) is 25.8 Å². The number of carbonyl (C=O) groups excluding carboxylic acids is 3. The van der Waals surface area contributed by atoms with Crippen molar-refractivity contribution < 1.29 is 38.5 Å². The Labute approximate surface area is 240 Å². The number of aromatic carboxylic acids is 1. The lowest BCUT2D eigenvalue weighted by atomic mass is 10.1. The maximum atomic E-state index is 13.0. The van der Waals surface area contributed by atoms with Gasteiger partial charge in [0.2, 0.25) is 5.91 Å². The highest BCUT2D eigenvalue weighted by molar-refractivity contribution is 6.32. The first kappa shape index (κ1) is 29.0. The molecule has 4 rings (SSSR count). The van der Waals surface area contributed by atoms with Gasteiger partial charge in [-0.3, -0.25) is 9.59 Å². The quantitative estimate of drug-likeness (QED) is 0.222. The molecule has 12 heteroatoms. The number of carboxylic acid groups (broad SMARTS) is 1. The number of anilines is 1. The molecule has 1 aliphatic heterocycles. The molecule has 4 amide bonds. The molecule has 3 aromatic rings. The van der Waals surface area contributed by atoms with E-state index in [-0.39, 0.29) is 41.0 Å². The third-order valence-electron chi connectivity index (χ3n) is 5.84. The number of nitrogens with one attached hydrogen (secondary N) is 2. The van der Waals surface area contributed by atoms with Crippen LogP contribution in [-0.2, 0) is 16.2 Å². The number of nitrogens with zero attached hydrogens (tertiary/aromatic N) is 1. The molecule has 0 saturated carbocycles. The average Bonchev–Trinajstić information content (AvgIpc) is 3.20. The molecule has 0 radical (unpaired) electrons. The molecule has 1 saturated heterocycles. The number of ether oxygens (including phenoxy) is 3. The first-order valence-corrected chi connectivity index (χ1v) is 12.8. The van der Waals surface area contributed by atoms with Crippen LogP contribution in [-0.4, -0.2) is 54.1 Å². The Bertz CT molecular complexity index is 1540. The Balaban J connectivity index is 1.49. The van der Waals surface area contributed by atoms with Gasteiger partial charge in [0, 0.05) is 0 Å². The van der Waals surface area contributed by atoms with Crippen molar-refractivity contribution in [3.63, 3.8) is 0 Å². The van der Waals surface area contributed by atoms with Gasteiger partial charge in [-0.05, 0) is 60.5 Å². The molecule has 0 spiro atoms. The van der Waals surface area contributed by atoms with Crippen molar-refractivity contribution in [2.75, 3.05) is 25.6 Å². The summed E-state index contributed by atoms with van der Waals surface area (Å²) in [6.45, 7) is 1.57. The number of methoxy groups -OCH3 is 1. The molecule has 212 valence electrons. The van der Waals surface area contributed by atoms with Crippen molar-refractivity contribution in [2.45, 2.75) is 13.5 Å². The fourth-order valence-corrected chi connectivity index (χ4v) is 4.26. The minimum atomic E-state index is -1.05. The Morgan fingerprint density at radius 3 is 2.56 bits per heavy atom. The number of halogens is 1. The van der Waals surface area contributed by atoms with E-state index in [1.807, 2.05) is 0 Å². The Morgan fingerprint density at radius 1 is 1.05 bits per heavy atom. The number of urea groups is 1. The van der Waals surface area contributed by atoms with E-state index in [0.29, 0.717) is 22.6 Å². The van der Waals surface area contributed by atoms with Gasteiger partial charge in [0.1, 0.15) is 24.6 Å².